The number of nitrogens with one attached hydrogen (secondary N) is 1. The maximum Gasteiger partial charge on any atom is 0.498 e. The Balaban J connectivity index is 2.04. The highest BCUT2D eigenvalue weighted by Crippen LogP contribution is 2.38. The number of amides is 2. The van der Waals surface area contributed by atoms with Gasteiger partial charge in [0.15, 0.2) is 0 Å². The lowest BCUT2D eigenvalue weighted by atomic mass is 9.76. The van der Waals surface area contributed by atoms with Crippen LogP contribution < -0.4 is 15.6 Å². The van der Waals surface area contributed by atoms with E-state index in [1.165, 1.54) is 5.01 Å². The molecule has 0 aliphatic carbocycles. The fourth-order valence-corrected chi connectivity index (χ4v) is 5.39. The molecule has 230 valence electrons. The van der Waals surface area contributed by atoms with E-state index < -0.39 is 24.2 Å². The molecule has 1 heterocycles. The molecule has 2 aromatic carbocycles. The monoisotopic (exact) mass is 580 g/mol. The largest absolute Gasteiger partial charge is 0.498 e. The highest BCUT2D eigenvalue weighted by molar-refractivity contribution is 6.63. The van der Waals surface area contributed by atoms with Gasteiger partial charge < -0.3 is 18.8 Å². The van der Waals surface area contributed by atoms with Crippen LogP contribution in [-0.4, -0.2) is 61.5 Å². The average Bonchev–Trinajstić information content (AvgIpc) is 3.09. The Morgan fingerprint density at radius 2 is 1.55 bits per heavy atom. The number of hydrogen-bond acceptors (Lipinski definition) is 6. The van der Waals surface area contributed by atoms with Crippen molar-refractivity contribution in [2.75, 3.05) is 20.3 Å². The zero-order valence-electron chi connectivity index (χ0n) is 27.6. The molecular weight excluding hydrogens is 531 g/mol. The number of aryl methyl sites for hydroxylation is 2. The average molecular weight is 581 g/mol. The molecule has 1 fully saturated rings. The summed E-state index contributed by atoms with van der Waals surface area (Å²) in [4.78, 5) is 27.9. The maximum absolute atomic E-state index is 14.0. The topological polar surface area (TPSA) is 86.3 Å². The van der Waals surface area contributed by atoms with Gasteiger partial charge in [0.1, 0.15) is 12.4 Å². The van der Waals surface area contributed by atoms with Gasteiger partial charge in [-0.3, -0.25) is 15.0 Å². The number of carbonyl (C=O) groups is 2. The van der Waals surface area contributed by atoms with Crippen molar-refractivity contribution >= 4 is 24.4 Å². The van der Waals surface area contributed by atoms with Gasteiger partial charge in [0.25, 0.3) is 11.8 Å². The normalized spacial score (nSPS) is 16.7. The number of benzene rings is 2. The Morgan fingerprint density at radius 1 is 0.976 bits per heavy atom. The molecule has 0 spiro atoms. The van der Waals surface area contributed by atoms with Gasteiger partial charge in [-0.1, -0.05) is 51.0 Å². The van der Waals surface area contributed by atoms with Crippen LogP contribution in [0.4, 0.5) is 0 Å². The number of nitrogens with zero attached hydrogens (tertiary/aromatic N) is 1. The van der Waals surface area contributed by atoms with Crippen molar-refractivity contribution in [3.63, 3.8) is 0 Å². The Bertz CT molecular complexity index is 1260. The molecule has 0 saturated carbocycles. The molecule has 1 unspecified atom stereocenters. The van der Waals surface area contributed by atoms with Crippen molar-refractivity contribution < 1.29 is 28.4 Å². The van der Waals surface area contributed by atoms with Gasteiger partial charge in [-0.2, -0.15) is 0 Å². The van der Waals surface area contributed by atoms with Gasteiger partial charge in [0, 0.05) is 29.3 Å². The first-order valence-corrected chi connectivity index (χ1v) is 14.8. The van der Waals surface area contributed by atoms with E-state index in [1.54, 1.807) is 13.2 Å². The first kappa shape index (κ1) is 33.6. The number of hydrogen-bond donors (Lipinski definition) is 1. The Hall–Kier alpha value is -2.88. The highest BCUT2D eigenvalue weighted by atomic mass is 16.7. The first-order chi connectivity index (χ1) is 19.4. The smallest absolute Gasteiger partial charge is 0.491 e. The zero-order chi connectivity index (χ0) is 31.6. The van der Waals surface area contributed by atoms with Gasteiger partial charge >= 0.3 is 7.12 Å². The van der Waals surface area contributed by atoms with Crippen molar-refractivity contribution in [3.05, 3.63) is 58.1 Å². The molecule has 42 heavy (non-hydrogen) atoms. The third-order valence-electron chi connectivity index (χ3n) is 8.33. The third kappa shape index (κ3) is 7.18. The van der Waals surface area contributed by atoms with Crippen molar-refractivity contribution in [2.45, 2.75) is 99.8 Å². The minimum absolute atomic E-state index is 0.250. The minimum atomic E-state index is -0.670. The minimum Gasteiger partial charge on any atom is -0.491 e. The molecule has 1 aliphatic rings. The summed E-state index contributed by atoms with van der Waals surface area (Å²) in [7, 11) is 0.937. The molecule has 9 heteroatoms. The third-order valence-corrected chi connectivity index (χ3v) is 8.33. The summed E-state index contributed by atoms with van der Waals surface area (Å²) in [5.74, 6) is -0.141. The zero-order valence-corrected chi connectivity index (χ0v) is 27.6. The standard InChI is InChI=1S/C33H49BN2O6/c1-13-27(31(5,6)7)36(30(38)24-19-21(2)18-22(3)20-24)35-29(37)25-14-15-26(28(23(25)4)40-17-16-39-12)34-41-32(8,9)33(10,11)42-34/h14-15,18-20,27H,13,16-17H2,1-12H3,(H,35,37). The number of carbonyl (C=O) groups excluding carboxylic acids is 2. The lowest BCUT2D eigenvalue weighted by Gasteiger charge is -2.39. The predicted octanol–water partition coefficient (Wildman–Crippen LogP) is 5.55. The van der Waals surface area contributed by atoms with Gasteiger partial charge in [-0.05, 0) is 78.5 Å². The van der Waals surface area contributed by atoms with Crippen LogP contribution in [0.1, 0.15) is 99.2 Å². The van der Waals surface area contributed by atoms with E-state index in [-0.39, 0.29) is 24.0 Å². The van der Waals surface area contributed by atoms with Crippen LogP contribution in [0, 0.1) is 26.2 Å². The molecule has 0 radical (unpaired) electrons. The molecule has 0 aromatic heterocycles. The number of rotatable bonds is 9. The summed E-state index contributed by atoms with van der Waals surface area (Å²) in [6.07, 6.45) is 0.658. The summed E-state index contributed by atoms with van der Waals surface area (Å²) >= 11 is 0. The molecular formula is C33H49BN2O6. The summed E-state index contributed by atoms with van der Waals surface area (Å²) < 4.78 is 24.0. The second kappa shape index (κ2) is 12.8. The van der Waals surface area contributed by atoms with Crippen LogP contribution >= 0.6 is 0 Å². The number of hydrazine groups is 1. The van der Waals surface area contributed by atoms with E-state index in [2.05, 4.69) is 26.2 Å². The summed E-state index contributed by atoms with van der Waals surface area (Å²) in [5.41, 5.74) is 5.83. The summed E-state index contributed by atoms with van der Waals surface area (Å²) in [6, 6.07) is 9.04. The molecule has 0 bridgehead atoms. The Morgan fingerprint density at radius 3 is 2.05 bits per heavy atom. The van der Waals surface area contributed by atoms with Crippen molar-refractivity contribution in [2.24, 2.45) is 5.41 Å². The Labute approximate surface area is 252 Å². The fraction of sp³-hybridized carbons (Fsp3) is 0.576. The number of ether oxygens (including phenoxy) is 2. The molecule has 2 aromatic rings. The fourth-order valence-electron chi connectivity index (χ4n) is 5.39. The molecule has 8 nitrogen and oxygen atoms in total. The highest BCUT2D eigenvalue weighted by Gasteiger charge is 2.52. The van der Waals surface area contributed by atoms with Crippen LogP contribution in [0.25, 0.3) is 0 Å². The van der Waals surface area contributed by atoms with Crippen molar-refractivity contribution in [1.82, 2.24) is 10.4 Å². The van der Waals surface area contributed by atoms with E-state index in [9.17, 15) is 9.59 Å². The second-order valence-electron chi connectivity index (χ2n) is 13.4. The second-order valence-corrected chi connectivity index (χ2v) is 13.4. The van der Waals surface area contributed by atoms with Gasteiger partial charge in [-0.15, -0.1) is 0 Å². The van der Waals surface area contributed by atoms with Crippen LogP contribution in [0.5, 0.6) is 5.75 Å². The van der Waals surface area contributed by atoms with E-state index in [4.69, 9.17) is 18.8 Å². The van der Waals surface area contributed by atoms with E-state index in [0.29, 0.717) is 40.9 Å². The molecule has 1 aliphatic heterocycles. The first-order valence-electron chi connectivity index (χ1n) is 14.8. The molecule has 1 N–H and O–H groups in total. The summed E-state index contributed by atoms with van der Waals surface area (Å²) in [5, 5.41) is 1.50. The predicted molar refractivity (Wildman–Crippen MR) is 167 cm³/mol. The SMILES string of the molecule is CCC(N(NC(=O)c1ccc(B2OC(C)(C)C(C)(C)O2)c(OCCOC)c1C)C(=O)c1cc(C)cc(C)c1)C(C)(C)C. The molecule has 3 rings (SSSR count). The van der Waals surface area contributed by atoms with Crippen LogP contribution in [0.2, 0.25) is 0 Å². The van der Waals surface area contributed by atoms with E-state index in [0.717, 1.165) is 11.1 Å². The van der Waals surface area contributed by atoms with Crippen molar-refractivity contribution in [3.8, 4) is 5.75 Å². The number of methoxy groups -OCH3 is 1. The van der Waals surface area contributed by atoms with Gasteiger partial charge in [0.2, 0.25) is 0 Å². The van der Waals surface area contributed by atoms with E-state index in [1.807, 2.05) is 79.7 Å². The Kier molecular flexibility index (Phi) is 10.2. The van der Waals surface area contributed by atoms with Gasteiger partial charge in [-0.25, -0.2) is 5.01 Å². The van der Waals surface area contributed by atoms with Crippen LogP contribution in [0.15, 0.2) is 30.3 Å². The molecule has 1 saturated heterocycles. The van der Waals surface area contributed by atoms with Crippen molar-refractivity contribution in [1.29, 1.82) is 0 Å². The van der Waals surface area contributed by atoms with Crippen LogP contribution in [0.3, 0.4) is 0 Å². The lowest BCUT2D eigenvalue weighted by molar-refractivity contribution is 0.00578. The lowest BCUT2D eigenvalue weighted by Crippen LogP contribution is -2.56. The quantitative estimate of drug-likeness (QED) is 0.238. The van der Waals surface area contributed by atoms with Gasteiger partial charge in [0.05, 0.1) is 23.9 Å². The maximum atomic E-state index is 14.0. The summed E-state index contributed by atoms with van der Waals surface area (Å²) in [6.45, 7) is 22.6. The van der Waals surface area contributed by atoms with Crippen LogP contribution in [-0.2, 0) is 14.0 Å². The molecule has 1 atom stereocenters. The molecule has 2 amide bonds. The van der Waals surface area contributed by atoms with E-state index >= 15 is 0 Å².